The molecule has 0 saturated carbocycles. The van der Waals surface area contributed by atoms with Crippen LogP contribution in [0.25, 0.3) is 10.8 Å². The molecule has 152 valence electrons. The number of hydrogen-bond donors (Lipinski definition) is 1. The summed E-state index contributed by atoms with van der Waals surface area (Å²) in [6.07, 6.45) is 7.73. The molecule has 1 heterocycles. The van der Waals surface area contributed by atoms with Gasteiger partial charge in [-0.3, -0.25) is 9.69 Å². The molecule has 1 saturated heterocycles. The molecule has 28 heavy (non-hydrogen) atoms. The standard InChI is InChI=1S/C24H33NO3/c1-2-3-4-5-6-16-28-22-10-11-23-20(17-22)8-7-9-21(23)18-25-14-12-19(13-15-25)24(26)27/h7-11,17,19H,2-6,12-16,18H2,1H3,(H,26,27). The van der Waals surface area contributed by atoms with Crippen molar-refractivity contribution < 1.29 is 14.6 Å². The zero-order valence-electron chi connectivity index (χ0n) is 17.0. The zero-order valence-corrected chi connectivity index (χ0v) is 17.0. The Labute approximate surface area is 168 Å². The van der Waals surface area contributed by atoms with Crippen LogP contribution in [0.1, 0.15) is 57.4 Å². The van der Waals surface area contributed by atoms with Crippen molar-refractivity contribution in [2.24, 2.45) is 5.92 Å². The number of unbranched alkanes of at least 4 members (excludes halogenated alkanes) is 4. The molecular formula is C24H33NO3. The predicted molar refractivity (Wildman–Crippen MR) is 114 cm³/mol. The molecule has 1 N–H and O–H groups in total. The molecule has 1 aliphatic rings. The Balaban J connectivity index is 1.57. The summed E-state index contributed by atoms with van der Waals surface area (Å²) in [5.74, 6) is 0.121. The second-order valence-electron chi connectivity index (χ2n) is 7.95. The number of carboxylic acids is 1. The highest BCUT2D eigenvalue weighted by Gasteiger charge is 2.24. The van der Waals surface area contributed by atoms with Gasteiger partial charge in [-0.05, 0) is 60.8 Å². The van der Waals surface area contributed by atoms with Crippen molar-refractivity contribution in [3.05, 3.63) is 42.0 Å². The number of likely N-dealkylation sites (tertiary alicyclic amines) is 1. The quantitative estimate of drug-likeness (QED) is 0.552. The van der Waals surface area contributed by atoms with Gasteiger partial charge in [0.2, 0.25) is 0 Å². The number of piperidine rings is 1. The summed E-state index contributed by atoms with van der Waals surface area (Å²) in [7, 11) is 0. The van der Waals surface area contributed by atoms with Gasteiger partial charge < -0.3 is 9.84 Å². The number of nitrogens with zero attached hydrogens (tertiary/aromatic N) is 1. The van der Waals surface area contributed by atoms with Crippen LogP contribution in [0.3, 0.4) is 0 Å². The van der Waals surface area contributed by atoms with Crippen LogP contribution in [0, 0.1) is 5.92 Å². The third-order valence-electron chi connectivity index (χ3n) is 5.79. The lowest BCUT2D eigenvalue weighted by molar-refractivity contribution is -0.143. The smallest absolute Gasteiger partial charge is 0.306 e. The van der Waals surface area contributed by atoms with Gasteiger partial charge in [0, 0.05) is 6.54 Å². The maximum atomic E-state index is 11.1. The Morgan fingerprint density at radius 1 is 1.11 bits per heavy atom. The average Bonchev–Trinajstić information content (AvgIpc) is 2.71. The number of rotatable bonds is 10. The molecule has 0 aliphatic carbocycles. The van der Waals surface area contributed by atoms with Gasteiger partial charge >= 0.3 is 5.97 Å². The molecule has 2 aromatic rings. The molecule has 0 spiro atoms. The Morgan fingerprint density at radius 2 is 1.89 bits per heavy atom. The molecule has 0 aromatic heterocycles. The Hall–Kier alpha value is -2.07. The second-order valence-corrected chi connectivity index (χ2v) is 7.95. The van der Waals surface area contributed by atoms with Gasteiger partial charge in [-0.1, -0.05) is 56.9 Å². The highest BCUT2D eigenvalue weighted by atomic mass is 16.5. The first-order valence-corrected chi connectivity index (χ1v) is 10.8. The van der Waals surface area contributed by atoms with Crippen LogP contribution in [-0.2, 0) is 11.3 Å². The molecular weight excluding hydrogens is 350 g/mol. The van der Waals surface area contributed by atoms with Crippen molar-refractivity contribution in [1.82, 2.24) is 4.90 Å². The maximum Gasteiger partial charge on any atom is 0.306 e. The molecule has 3 rings (SSSR count). The van der Waals surface area contributed by atoms with E-state index in [1.54, 1.807) is 0 Å². The largest absolute Gasteiger partial charge is 0.494 e. The second kappa shape index (κ2) is 10.5. The summed E-state index contributed by atoms with van der Waals surface area (Å²) in [5, 5.41) is 11.6. The first-order valence-electron chi connectivity index (χ1n) is 10.8. The number of hydrogen-bond acceptors (Lipinski definition) is 3. The van der Waals surface area contributed by atoms with Crippen LogP contribution in [0.4, 0.5) is 0 Å². The highest BCUT2D eigenvalue weighted by Crippen LogP contribution is 2.26. The fraction of sp³-hybridized carbons (Fsp3) is 0.542. The van der Waals surface area contributed by atoms with Gasteiger partial charge in [-0.2, -0.15) is 0 Å². The summed E-state index contributed by atoms with van der Waals surface area (Å²) in [6, 6.07) is 12.8. The lowest BCUT2D eigenvalue weighted by atomic mass is 9.96. The highest BCUT2D eigenvalue weighted by molar-refractivity contribution is 5.87. The summed E-state index contributed by atoms with van der Waals surface area (Å²) >= 11 is 0. The molecule has 4 heteroatoms. The van der Waals surface area contributed by atoms with E-state index >= 15 is 0 Å². The number of benzene rings is 2. The van der Waals surface area contributed by atoms with Gasteiger partial charge in [-0.15, -0.1) is 0 Å². The minimum Gasteiger partial charge on any atom is -0.494 e. The number of fused-ring (bicyclic) bond motifs is 1. The van der Waals surface area contributed by atoms with E-state index in [-0.39, 0.29) is 5.92 Å². The van der Waals surface area contributed by atoms with Crippen molar-refractivity contribution in [1.29, 1.82) is 0 Å². The number of aliphatic carboxylic acids is 1. The normalized spacial score (nSPS) is 15.8. The van der Waals surface area contributed by atoms with E-state index in [1.165, 1.54) is 42.0 Å². The van der Waals surface area contributed by atoms with Gasteiger partial charge in [0.1, 0.15) is 5.75 Å². The third kappa shape index (κ3) is 5.71. The Bertz CT molecular complexity index is 766. The van der Waals surface area contributed by atoms with Crippen molar-refractivity contribution >= 4 is 16.7 Å². The molecule has 1 aliphatic heterocycles. The summed E-state index contributed by atoms with van der Waals surface area (Å²) in [4.78, 5) is 13.5. The minimum atomic E-state index is -0.650. The van der Waals surface area contributed by atoms with Crippen LogP contribution < -0.4 is 4.74 Å². The van der Waals surface area contributed by atoms with Crippen molar-refractivity contribution in [3.8, 4) is 5.75 Å². The van der Waals surface area contributed by atoms with Gasteiger partial charge in [-0.25, -0.2) is 0 Å². The van der Waals surface area contributed by atoms with Gasteiger partial charge in [0.05, 0.1) is 12.5 Å². The Kier molecular flexibility index (Phi) is 7.72. The van der Waals surface area contributed by atoms with Crippen molar-refractivity contribution in [2.75, 3.05) is 19.7 Å². The summed E-state index contributed by atoms with van der Waals surface area (Å²) in [6.45, 7) is 5.60. The minimum absolute atomic E-state index is 0.176. The van der Waals surface area contributed by atoms with E-state index in [4.69, 9.17) is 9.84 Å². The topological polar surface area (TPSA) is 49.8 Å². The average molecular weight is 384 g/mol. The fourth-order valence-corrected chi connectivity index (χ4v) is 4.03. The van der Waals surface area contributed by atoms with Gasteiger partial charge in [0.25, 0.3) is 0 Å². The SMILES string of the molecule is CCCCCCCOc1ccc2c(CN3CCC(C(=O)O)CC3)cccc2c1. The first kappa shape index (κ1) is 20.7. The third-order valence-corrected chi connectivity index (χ3v) is 5.79. The molecule has 2 aromatic carbocycles. The van der Waals surface area contributed by atoms with Crippen LogP contribution in [0.2, 0.25) is 0 Å². The lowest BCUT2D eigenvalue weighted by Gasteiger charge is -2.30. The van der Waals surface area contributed by atoms with Crippen LogP contribution in [-0.4, -0.2) is 35.7 Å². The maximum absolute atomic E-state index is 11.1. The van der Waals surface area contributed by atoms with E-state index in [0.29, 0.717) is 0 Å². The number of carboxylic acid groups (broad SMARTS) is 1. The van der Waals surface area contributed by atoms with Crippen molar-refractivity contribution in [3.63, 3.8) is 0 Å². The van der Waals surface area contributed by atoms with E-state index in [0.717, 1.165) is 51.3 Å². The van der Waals surface area contributed by atoms with Crippen LogP contribution in [0.5, 0.6) is 5.75 Å². The molecule has 0 unspecified atom stereocenters. The van der Waals surface area contributed by atoms with Crippen LogP contribution in [0.15, 0.2) is 36.4 Å². The zero-order chi connectivity index (χ0) is 19.8. The van der Waals surface area contributed by atoms with E-state index < -0.39 is 5.97 Å². The molecule has 0 bridgehead atoms. The van der Waals surface area contributed by atoms with E-state index in [9.17, 15) is 4.79 Å². The molecule has 0 amide bonds. The molecule has 0 radical (unpaired) electrons. The van der Waals surface area contributed by atoms with Crippen LogP contribution >= 0.6 is 0 Å². The lowest BCUT2D eigenvalue weighted by Crippen LogP contribution is -2.35. The monoisotopic (exact) mass is 383 g/mol. The van der Waals surface area contributed by atoms with E-state index in [2.05, 4.69) is 48.2 Å². The molecule has 4 nitrogen and oxygen atoms in total. The van der Waals surface area contributed by atoms with Gasteiger partial charge in [0.15, 0.2) is 0 Å². The first-order chi connectivity index (χ1) is 13.7. The van der Waals surface area contributed by atoms with E-state index in [1.807, 2.05) is 0 Å². The number of carbonyl (C=O) groups is 1. The summed E-state index contributed by atoms with van der Waals surface area (Å²) in [5.41, 5.74) is 1.30. The fourth-order valence-electron chi connectivity index (χ4n) is 4.03. The number of ether oxygens (including phenoxy) is 1. The predicted octanol–water partition coefficient (Wildman–Crippen LogP) is 5.49. The molecule has 0 atom stereocenters. The summed E-state index contributed by atoms with van der Waals surface area (Å²) < 4.78 is 5.95. The Morgan fingerprint density at radius 3 is 2.64 bits per heavy atom. The van der Waals surface area contributed by atoms with Crippen molar-refractivity contribution in [2.45, 2.75) is 58.4 Å². The molecule has 1 fully saturated rings.